The van der Waals surface area contributed by atoms with Gasteiger partial charge >= 0.3 is 0 Å². The molecule has 1 atom stereocenters. The lowest BCUT2D eigenvalue weighted by Crippen LogP contribution is -2.17. The molecule has 1 unspecified atom stereocenters. The fraction of sp³-hybridized carbons (Fsp3) is 0.231. The molecule has 3 nitrogen and oxygen atoms in total. The van der Waals surface area contributed by atoms with Gasteiger partial charge in [-0.15, -0.1) is 0 Å². The first-order valence-electron chi connectivity index (χ1n) is 5.48. The van der Waals surface area contributed by atoms with E-state index in [4.69, 9.17) is 10.2 Å². The van der Waals surface area contributed by atoms with E-state index in [1.165, 1.54) is 12.1 Å². The lowest BCUT2D eigenvalue weighted by molar-refractivity contribution is 0.497. The Morgan fingerprint density at radius 3 is 2.88 bits per heavy atom. The normalized spacial score (nSPS) is 12.4. The average molecular weight is 234 g/mol. The van der Waals surface area contributed by atoms with E-state index in [0.29, 0.717) is 11.4 Å². The highest BCUT2D eigenvalue weighted by atomic mass is 19.1. The molecular formula is C13H15FN2O. The second-order valence-electron chi connectivity index (χ2n) is 4.10. The zero-order chi connectivity index (χ0) is 12.3. The highest BCUT2D eigenvalue weighted by molar-refractivity contribution is 5.55. The summed E-state index contributed by atoms with van der Waals surface area (Å²) in [5.41, 5.74) is 6.67. The first-order chi connectivity index (χ1) is 8.13. The number of furan rings is 1. The van der Waals surface area contributed by atoms with Crippen molar-refractivity contribution in [3.63, 3.8) is 0 Å². The Morgan fingerprint density at radius 1 is 1.41 bits per heavy atom. The second kappa shape index (κ2) is 4.91. The topological polar surface area (TPSA) is 51.2 Å². The number of rotatable bonds is 4. The number of nitrogens with two attached hydrogens (primary N) is 1. The van der Waals surface area contributed by atoms with E-state index < -0.39 is 0 Å². The molecule has 1 heterocycles. The van der Waals surface area contributed by atoms with Crippen LogP contribution in [0.5, 0.6) is 0 Å². The average Bonchev–Trinajstić information content (AvgIpc) is 2.67. The maximum atomic E-state index is 13.1. The third kappa shape index (κ3) is 3.24. The first-order valence-corrected chi connectivity index (χ1v) is 5.48. The van der Waals surface area contributed by atoms with Crippen molar-refractivity contribution in [2.45, 2.75) is 19.4 Å². The number of hydrogen-bond acceptors (Lipinski definition) is 3. The molecule has 0 saturated heterocycles. The van der Waals surface area contributed by atoms with Crippen molar-refractivity contribution < 1.29 is 8.81 Å². The predicted octanol–water partition coefficient (Wildman–Crippen LogP) is 3.04. The van der Waals surface area contributed by atoms with Crippen LogP contribution in [0.2, 0.25) is 0 Å². The summed E-state index contributed by atoms with van der Waals surface area (Å²) in [4.78, 5) is 0. The highest BCUT2D eigenvalue weighted by Gasteiger charge is 2.06. The number of nitrogens with one attached hydrogen (secondary N) is 1. The smallest absolute Gasteiger partial charge is 0.127 e. The summed E-state index contributed by atoms with van der Waals surface area (Å²) < 4.78 is 18.4. The molecule has 3 N–H and O–H groups in total. The van der Waals surface area contributed by atoms with E-state index in [1.54, 1.807) is 12.3 Å². The first kappa shape index (κ1) is 11.5. The van der Waals surface area contributed by atoms with Crippen LogP contribution in [0, 0.1) is 5.82 Å². The third-order valence-corrected chi connectivity index (χ3v) is 2.42. The van der Waals surface area contributed by atoms with Crippen LogP contribution in [0.25, 0.3) is 0 Å². The van der Waals surface area contributed by atoms with Gasteiger partial charge in [0.05, 0.1) is 6.26 Å². The molecule has 2 aromatic rings. The van der Waals surface area contributed by atoms with Crippen molar-refractivity contribution in [1.82, 2.24) is 0 Å². The zero-order valence-corrected chi connectivity index (χ0v) is 9.61. The van der Waals surface area contributed by atoms with Crippen molar-refractivity contribution in [2.24, 2.45) is 0 Å². The van der Waals surface area contributed by atoms with Gasteiger partial charge in [0.2, 0.25) is 0 Å². The van der Waals surface area contributed by atoms with Gasteiger partial charge in [0.25, 0.3) is 0 Å². The Labute approximate surface area is 99.4 Å². The summed E-state index contributed by atoms with van der Waals surface area (Å²) >= 11 is 0. The molecule has 0 spiro atoms. The molecule has 1 aromatic carbocycles. The molecule has 0 aliphatic carbocycles. The van der Waals surface area contributed by atoms with Crippen molar-refractivity contribution in [1.29, 1.82) is 0 Å². The van der Waals surface area contributed by atoms with Crippen molar-refractivity contribution in [2.75, 3.05) is 11.1 Å². The van der Waals surface area contributed by atoms with E-state index in [-0.39, 0.29) is 11.9 Å². The van der Waals surface area contributed by atoms with Gasteiger partial charge in [-0.2, -0.15) is 0 Å². The zero-order valence-electron chi connectivity index (χ0n) is 9.61. The van der Waals surface area contributed by atoms with Gasteiger partial charge in [-0.3, -0.25) is 0 Å². The SMILES string of the molecule is CC(Cc1ccco1)Nc1cc(N)cc(F)c1. The molecule has 0 radical (unpaired) electrons. The van der Waals surface area contributed by atoms with Crippen molar-refractivity contribution in [3.8, 4) is 0 Å². The minimum absolute atomic E-state index is 0.141. The van der Waals surface area contributed by atoms with Gasteiger partial charge in [-0.05, 0) is 37.3 Å². The molecule has 4 heteroatoms. The molecule has 1 aromatic heterocycles. The maximum absolute atomic E-state index is 13.1. The summed E-state index contributed by atoms with van der Waals surface area (Å²) in [5.74, 6) is 0.562. The second-order valence-corrected chi connectivity index (χ2v) is 4.10. The Morgan fingerprint density at radius 2 is 2.24 bits per heavy atom. The number of benzene rings is 1. The van der Waals surface area contributed by atoms with E-state index in [1.807, 2.05) is 19.1 Å². The van der Waals surface area contributed by atoms with Crippen LogP contribution >= 0.6 is 0 Å². The largest absolute Gasteiger partial charge is 0.469 e. The van der Waals surface area contributed by atoms with Crippen LogP contribution in [-0.2, 0) is 6.42 Å². The Kier molecular flexibility index (Phi) is 3.32. The lowest BCUT2D eigenvalue weighted by atomic mass is 10.2. The van der Waals surface area contributed by atoms with Crippen LogP contribution in [0.3, 0.4) is 0 Å². The van der Waals surface area contributed by atoms with Crippen LogP contribution in [0.1, 0.15) is 12.7 Å². The number of nitrogen functional groups attached to an aromatic ring is 1. The molecule has 2 rings (SSSR count). The van der Waals surface area contributed by atoms with Crippen LogP contribution in [0.15, 0.2) is 41.0 Å². The monoisotopic (exact) mass is 234 g/mol. The summed E-state index contributed by atoms with van der Waals surface area (Å²) in [7, 11) is 0. The maximum Gasteiger partial charge on any atom is 0.127 e. The Bertz CT molecular complexity index is 462. The van der Waals surface area contributed by atoms with E-state index in [0.717, 1.165) is 12.2 Å². The van der Waals surface area contributed by atoms with Gasteiger partial charge in [-0.25, -0.2) is 4.39 Å². The van der Waals surface area contributed by atoms with Crippen LogP contribution in [-0.4, -0.2) is 6.04 Å². The highest BCUT2D eigenvalue weighted by Crippen LogP contribution is 2.17. The molecule has 0 amide bonds. The standard InChI is InChI=1S/C13H15FN2O/c1-9(5-13-3-2-4-17-13)16-12-7-10(14)6-11(15)8-12/h2-4,6-9,16H,5,15H2,1H3. The molecule has 17 heavy (non-hydrogen) atoms. The van der Waals surface area contributed by atoms with Crippen LogP contribution < -0.4 is 11.1 Å². The molecule has 0 aliphatic heterocycles. The fourth-order valence-electron chi connectivity index (χ4n) is 1.76. The Hall–Kier alpha value is -1.97. The minimum Gasteiger partial charge on any atom is -0.469 e. The molecule has 0 saturated carbocycles. The van der Waals surface area contributed by atoms with Gasteiger partial charge in [0.1, 0.15) is 11.6 Å². The van der Waals surface area contributed by atoms with Crippen molar-refractivity contribution >= 4 is 11.4 Å². The molecular weight excluding hydrogens is 219 g/mol. The fourth-order valence-corrected chi connectivity index (χ4v) is 1.76. The summed E-state index contributed by atoms with van der Waals surface area (Å²) in [6.45, 7) is 2.00. The minimum atomic E-state index is -0.335. The number of anilines is 2. The van der Waals surface area contributed by atoms with Crippen molar-refractivity contribution in [3.05, 3.63) is 48.2 Å². The number of hydrogen-bond donors (Lipinski definition) is 2. The van der Waals surface area contributed by atoms with Gasteiger partial charge in [0.15, 0.2) is 0 Å². The van der Waals surface area contributed by atoms with E-state index >= 15 is 0 Å². The Balaban J connectivity index is 2.00. The van der Waals surface area contributed by atoms with Gasteiger partial charge in [-0.1, -0.05) is 0 Å². The van der Waals surface area contributed by atoms with Gasteiger partial charge in [0, 0.05) is 23.8 Å². The van der Waals surface area contributed by atoms with Gasteiger partial charge < -0.3 is 15.5 Å². The quantitative estimate of drug-likeness (QED) is 0.799. The van der Waals surface area contributed by atoms with Crippen LogP contribution in [0.4, 0.5) is 15.8 Å². The van der Waals surface area contributed by atoms with E-state index in [9.17, 15) is 4.39 Å². The summed E-state index contributed by atoms with van der Waals surface area (Å²) in [6, 6.07) is 8.33. The lowest BCUT2D eigenvalue weighted by Gasteiger charge is -2.14. The molecule has 0 aliphatic rings. The molecule has 0 fully saturated rings. The number of halogens is 1. The third-order valence-electron chi connectivity index (χ3n) is 2.42. The predicted molar refractivity (Wildman–Crippen MR) is 66.3 cm³/mol. The summed E-state index contributed by atoms with van der Waals surface area (Å²) in [5, 5.41) is 3.18. The summed E-state index contributed by atoms with van der Waals surface area (Å²) in [6.07, 6.45) is 2.38. The van der Waals surface area contributed by atoms with E-state index in [2.05, 4.69) is 5.32 Å². The molecule has 0 bridgehead atoms. The molecule has 90 valence electrons.